The Morgan fingerprint density at radius 1 is 1.29 bits per heavy atom. The van der Waals surface area contributed by atoms with E-state index in [1.165, 1.54) is 44.9 Å². The lowest BCUT2D eigenvalue weighted by atomic mass is 9.57. The van der Waals surface area contributed by atoms with Gasteiger partial charge in [0, 0.05) is 7.11 Å². The molecule has 2 atom stereocenters. The Balaban J connectivity index is 1.95. The van der Waals surface area contributed by atoms with Gasteiger partial charge >= 0.3 is 0 Å². The molecule has 2 nitrogen and oxygen atoms in total. The number of hydrogen-bond donors (Lipinski definition) is 1. The van der Waals surface area contributed by atoms with E-state index < -0.39 is 0 Å². The minimum Gasteiger partial charge on any atom is -0.381 e. The highest BCUT2D eigenvalue weighted by Gasteiger charge is 2.44. The first-order valence-corrected chi connectivity index (χ1v) is 6.03. The second-order valence-electron chi connectivity index (χ2n) is 5.14. The standard InChI is InChI=1S/C12H23NO/c1-14-11-5-2-4-10(8-11)12(9-13)6-3-7-12/h10-11H,2-9,13H2,1H3. The van der Waals surface area contributed by atoms with Crippen LogP contribution in [0, 0.1) is 11.3 Å². The smallest absolute Gasteiger partial charge is 0.0574 e. The van der Waals surface area contributed by atoms with Crippen LogP contribution in [-0.4, -0.2) is 19.8 Å². The molecule has 2 fully saturated rings. The molecule has 0 aromatic carbocycles. The average molecular weight is 197 g/mol. The van der Waals surface area contributed by atoms with Gasteiger partial charge in [0.05, 0.1) is 6.10 Å². The van der Waals surface area contributed by atoms with E-state index in [0.717, 1.165) is 12.5 Å². The fourth-order valence-corrected chi connectivity index (χ4v) is 3.33. The van der Waals surface area contributed by atoms with Crippen LogP contribution in [-0.2, 0) is 4.74 Å². The fraction of sp³-hybridized carbons (Fsp3) is 1.00. The minimum absolute atomic E-state index is 0.511. The van der Waals surface area contributed by atoms with Gasteiger partial charge < -0.3 is 10.5 Å². The molecule has 0 saturated heterocycles. The second kappa shape index (κ2) is 4.19. The summed E-state index contributed by atoms with van der Waals surface area (Å²) in [6.07, 6.45) is 9.88. The maximum atomic E-state index is 5.95. The monoisotopic (exact) mass is 197 g/mol. The summed E-state index contributed by atoms with van der Waals surface area (Å²) in [5.41, 5.74) is 6.46. The second-order valence-corrected chi connectivity index (χ2v) is 5.14. The van der Waals surface area contributed by atoms with Crippen molar-refractivity contribution in [3.05, 3.63) is 0 Å². The van der Waals surface area contributed by atoms with Crippen molar-refractivity contribution >= 4 is 0 Å². The molecular weight excluding hydrogens is 174 g/mol. The molecule has 0 bridgehead atoms. The fourth-order valence-electron chi connectivity index (χ4n) is 3.33. The van der Waals surface area contributed by atoms with Gasteiger partial charge in [-0.25, -0.2) is 0 Å². The quantitative estimate of drug-likeness (QED) is 0.753. The molecule has 2 heteroatoms. The molecule has 0 heterocycles. The van der Waals surface area contributed by atoms with E-state index >= 15 is 0 Å². The van der Waals surface area contributed by atoms with Crippen molar-refractivity contribution in [2.45, 2.75) is 51.0 Å². The SMILES string of the molecule is COC1CCCC(C2(CN)CCC2)C1. The maximum Gasteiger partial charge on any atom is 0.0574 e. The molecule has 2 aliphatic carbocycles. The summed E-state index contributed by atoms with van der Waals surface area (Å²) in [6, 6.07) is 0. The van der Waals surface area contributed by atoms with Crippen LogP contribution in [0.25, 0.3) is 0 Å². The summed E-state index contributed by atoms with van der Waals surface area (Å²) in [7, 11) is 1.85. The van der Waals surface area contributed by atoms with Crippen molar-refractivity contribution < 1.29 is 4.74 Å². The Kier molecular flexibility index (Phi) is 3.13. The van der Waals surface area contributed by atoms with Crippen molar-refractivity contribution in [1.29, 1.82) is 0 Å². The van der Waals surface area contributed by atoms with E-state index in [1.807, 2.05) is 7.11 Å². The van der Waals surface area contributed by atoms with E-state index in [4.69, 9.17) is 10.5 Å². The van der Waals surface area contributed by atoms with Gasteiger partial charge in [-0.15, -0.1) is 0 Å². The van der Waals surface area contributed by atoms with Gasteiger partial charge in [-0.05, 0) is 50.0 Å². The molecule has 0 amide bonds. The summed E-state index contributed by atoms with van der Waals surface area (Å²) in [5.74, 6) is 0.847. The van der Waals surface area contributed by atoms with Crippen LogP contribution in [0.5, 0.6) is 0 Å². The van der Waals surface area contributed by atoms with Gasteiger partial charge in [-0.3, -0.25) is 0 Å². The van der Waals surface area contributed by atoms with Gasteiger partial charge in [-0.2, -0.15) is 0 Å². The Morgan fingerprint density at radius 2 is 2.07 bits per heavy atom. The summed E-state index contributed by atoms with van der Waals surface area (Å²) in [4.78, 5) is 0. The molecule has 0 radical (unpaired) electrons. The number of rotatable bonds is 3. The predicted molar refractivity (Wildman–Crippen MR) is 58.1 cm³/mol. The lowest BCUT2D eigenvalue weighted by Crippen LogP contribution is -2.46. The highest BCUT2D eigenvalue weighted by atomic mass is 16.5. The topological polar surface area (TPSA) is 35.2 Å². The van der Waals surface area contributed by atoms with Crippen LogP contribution in [0.15, 0.2) is 0 Å². The molecule has 2 N–H and O–H groups in total. The van der Waals surface area contributed by atoms with Crippen molar-refractivity contribution in [1.82, 2.24) is 0 Å². The zero-order valence-electron chi connectivity index (χ0n) is 9.30. The lowest BCUT2D eigenvalue weighted by molar-refractivity contribution is -0.0232. The van der Waals surface area contributed by atoms with E-state index in [-0.39, 0.29) is 0 Å². The summed E-state index contributed by atoms with van der Waals surface area (Å²) in [6.45, 7) is 0.897. The Morgan fingerprint density at radius 3 is 2.57 bits per heavy atom. The Hall–Kier alpha value is -0.0800. The first kappa shape index (κ1) is 10.4. The normalized spacial score (nSPS) is 36.4. The maximum absolute atomic E-state index is 5.95. The van der Waals surface area contributed by atoms with Crippen molar-refractivity contribution in [3.8, 4) is 0 Å². The van der Waals surface area contributed by atoms with Gasteiger partial charge in [0.15, 0.2) is 0 Å². The third-order valence-corrected chi connectivity index (χ3v) is 4.58. The van der Waals surface area contributed by atoms with E-state index in [0.29, 0.717) is 11.5 Å². The lowest BCUT2D eigenvalue weighted by Gasteiger charge is -2.49. The van der Waals surface area contributed by atoms with Crippen LogP contribution in [0.3, 0.4) is 0 Å². The van der Waals surface area contributed by atoms with Crippen LogP contribution in [0.1, 0.15) is 44.9 Å². The molecule has 2 rings (SSSR count). The number of hydrogen-bond acceptors (Lipinski definition) is 2. The van der Waals surface area contributed by atoms with Crippen molar-refractivity contribution in [3.63, 3.8) is 0 Å². The van der Waals surface area contributed by atoms with Crippen LogP contribution in [0.4, 0.5) is 0 Å². The summed E-state index contributed by atoms with van der Waals surface area (Å²) >= 11 is 0. The van der Waals surface area contributed by atoms with Gasteiger partial charge in [-0.1, -0.05) is 12.8 Å². The number of nitrogens with two attached hydrogens (primary N) is 1. The van der Waals surface area contributed by atoms with Gasteiger partial charge in [0.25, 0.3) is 0 Å². The molecule has 0 aromatic rings. The molecule has 82 valence electrons. The zero-order valence-corrected chi connectivity index (χ0v) is 9.30. The summed E-state index contributed by atoms with van der Waals surface area (Å²) in [5, 5.41) is 0. The molecule has 14 heavy (non-hydrogen) atoms. The van der Waals surface area contributed by atoms with Gasteiger partial charge in [0.2, 0.25) is 0 Å². The number of methoxy groups -OCH3 is 1. The molecule has 2 saturated carbocycles. The van der Waals surface area contributed by atoms with Crippen molar-refractivity contribution in [2.75, 3.05) is 13.7 Å². The van der Waals surface area contributed by atoms with E-state index in [1.54, 1.807) is 0 Å². The highest BCUT2D eigenvalue weighted by molar-refractivity contribution is 4.96. The van der Waals surface area contributed by atoms with E-state index in [9.17, 15) is 0 Å². The summed E-state index contributed by atoms with van der Waals surface area (Å²) < 4.78 is 5.49. The highest BCUT2D eigenvalue weighted by Crippen LogP contribution is 2.51. The van der Waals surface area contributed by atoms with Gasteiger partial charge in [0.1, 0.15) is 0 Å². The average Bonchev–Trinajstić information content (AvgIpc) is 2.18. The first-order chi connectivity index (χ1) is 6.80. The molecule has 0 aliphatic heterocycles. The van der Waals surface area contributed by atoms with Crippen LogP contribution in [0.2, 0.25) is 0 Å². The Labute approximate surface area is 87.2 Å². The minimum atomic E-state index is 0.511. The third kappa shape index (κ3) is 1.70. The molecular formula is C12H23NO. The molecule has 2 unspecified atom stereocenters. The third-order valence-electron chi connectivity index (χ3n) is 4.58. The van der Waals surface area contributed by atoms with Crippen LogP contribution < -0.4 is 5.73 Å². The van der Waals surface area contributed by atoms with Crippen LogP contribution >= 0.6 is 0 Å². The van der Waals surface area contributed by atoms with E-state index in [2.05, 4.69) is 0 Å². The molecule has 2 aliphatic rings. The molecule has 0 aromatic heterocycles. The number of ether oxygens (including phenoxy) is 1. The van der Waals surface area contributed by atoms with Crippen molar-refractivity contribution in [2.24, 2.45) is 17.1 Å². The predicted octanol–water partition coefficient (Wildman–Crippen LogP) is 2.32. The zero-order chi connectivity index (χ0) is 10.0. The largest absolute Gasteiger partial charge is 0.381 e. The first-order valence-electron chi connectivity index (χ1n) is 6.03. The Bertz CT molecular complexity index is 183. The molecule has 0 spiro atoms.